The predicted molar refractivity (Wildman–Crippen MR) is 79.0 cm³/mol. The molecule has 1 aromatic carbocycles. The summed E-state index contributed by atoms with van der Waals surface area (Å²) in [5.74, 6) is 2.24. The smallest absolute Gasteiger partial charge is 0.0842 e. The molecule has 2 nitrogen and oxygen atoms in total. The molecule has 0 aliphatic carbocycles. The Hall–Kier alpha value is -0.510. The van der Waals surface area contributed by atoms with Crippen LogP contribution in [0.1, 0.15) is 37.0 Å². The average Bonchev–Trinajstić information content (AvgIpc) is 2.39. The molecule has 1 heterocycles. The minimum atomic E-state index is 0.201. The van der Waals surface area contributed by atoms with Crippen LogP contribution in [0.3, 0.4) is 0 Å². The third kappa shape index (κ3) is 3.74. The van der Waals surface area contributed by atoms with Crippen molar-refractivity contribution in [1.82, 2.24) is 0 Å². The third-order valence-corrected chi connectivity index (χ3v) is 4.65. The van der Waals surface area contributed by atoms with Gasteiger partial charge in [0.05, 0.1) is 12.7 Å². The van der Waals surface area contributed by atoms with Crippen molar-refractivity contribution in [2.24, 2.45) is 5.73 Å². The number of benzene rings is 1. The van der Waals surface area contributed by atoms with Crippen LogP contribution in [0.15, 0.2) is 24.3 Å². The van der Waals surface area contributed by atoms with E-state index in [1.807, 2.05) is 11.8 Å². The van der Waals surface area contributed by atoms with Gasteiger partial charge >= 0.3 is 0 Å². The van der Waals surface area contributed by atoms with Gasteiger partial charge in [0.15, 0.2) is 0 Å². The Morgan fingerprint density at radius 1 is 1.44 bits per heavy atom. The van der Waals surface area contributed by atoms with E-state index in [0.29, 0.717) is 0 Å². The fourth-order valence-corrected chi connectivity index (χ4v) is 3.29. The molecule has 1 aliphatic rings. The molecular formula is C15H23NOS. The maximum Gasteiger partial charge on any atom is 0.0842 e. The Morgan fingerprint density at radius 2 is 2.28 bits per heavy atom. The fraction of sp³-hybridized carbons (Fsp3) is 0.600. The zero-order chi connectivity index (χ0) is 12.8. The van der Waals surface area contributed by atoms with Gasteiger partial charge in [-0.1, -0.05) is 31.2 Å². The first-order chi connectivity index (χ1) is 8.81. The normalized spacial score (nSPS) is 20.4. The van der Waals surface area contributed by atoms with Crippen molar-refractivity contribution >= 4 is 11.8 Å². The van der Waals surface area contributed by atoms with Crippen molar-refractivity contribution in [1.29, 1.82) is 0 Å². The molecule has 0 radical (unpaired) electrons. The quantitative estimate of drug-likeness (QED) is 0.802. The summed E-state index contributed by atoms with van der Waals surface area (Å²) in [4.78, 5) is 0. The summed E-state index contributed by atoms with van der Waals surface area (Å²) in [6.45, 7) is 3.04. The van der Waals surface area contributed by atoms with Gasteiger partial charge in [-0.2, -0.15) is 11.8 Å². The summed E-state index contributed by atoms with van der Waals surface area (Å²) in [7, 11) is 0. The number of nitrogens with two attached hydrogens (primary N) is 1. The van der Waals surface area contributed by atoms with Crippen molar-refractivity contribution in [2.75, 3.05) is 18.1 Å². The molecule has 2 rings (SSSR count). The zero-order valence-corrected chi connectivity index (χ0v) is 11.9. The topological polar surface area (TPSA) is 35.2 Å². The van der Waals surface area contributed by atoms with Gasteiger partial charge in [-0.15, -0.1) is 0 Å². The van der Waals surface area contributed by atoms with E-state index in [1.54, 1.807) is 0 Å². The number of thioether (sulfide) groups is 1. The highest BCUT2D eigenvalue weighted by Crippen LogP contribution is 2.30. The van der Waals surface area contributed by atoms with Gasteiger partial charge in [0, 0.05) is 11.8 Å². The maximum atomic E-state index is 6.20. The molecule has 1 aromatic rings. The minimum absolute atomic E-state index is 0.201. The predicted octanol–water partition coefficient (Wildman–Crippen LogP) is 3.16. The molecule has 0 spiro atoms. The van der Waals surface area contributed by atoms with Crippen LogP contribution in [-0.2, 0) is 11.2 Å². The number of hydrogen-bond donors (Lipinski definition) is 1. The van der Waals surface area contributed by atoms with E-state index in [2.05, 4.69) is 31.2 Å². The zero-order valence-electron chi connectivity index (χ0n) is 11.1. The van der Waals surface area contributed by atoms with Crippen molar-refractivity contribution < 1.29 is 4.74 Å². The summed E-state index contributed by atoms with van der Waals surface area (Å²) in [6, 6.07) is 8.83. The molecule has 0 bridgehead atoms. The van der Waals surface area contributed by atoms with Gasteiger partial charge in [-0.3, -0.25) is 0 Å². The van der Waals surface area contributed by atoms with Crippen LogP contribution >= 0.6 is 11.8 Å². The minimum Gasteiger partial charge on any atom is -0.373 e. The van der Waals surface area contributed by atoms with E-state index >= 15 is 0 Å². The summed E-state index contributed by atoms with van der Waals surface area (Å²) >= 11 is 1.95. The lowest BCUT2D eigenvalue weighted by Crippen LogP contribution is -2.28. The van der Waals surface area contributed by atoms with Crippen molar-refractivity contribution in [3.63, 3.8) is 0 Å². The van der Waals surface area contributed by atoms with E-state index in [4.69, 9.17) is 10.5 Å². The first-order valence-corrected chi connectivity index (χ1v) is 7.99. The van der Waals surface area contributed by atoms with Crippen molar-refractivity contribution in [2.45, 2.75) is 38.3 Å². The standard InChI is InChI=1S/C15H23NOS/c1-2-9-18-11-13(16)10-15-14-6-4-3-5-12(14)7-8-17-15/h3-6,13,15H,2,7-11,16H2,1H3. The van der Waals surface area contributed by atoms with Crippen LogP contribution in [0.5, 0.6) is 0 Å². The molecule has 0 saturated heterocycles. The number of fused-ring (bicyclic) bond motifs is 1. The molecule has 0 saturated carbocycles. The van der Waals surface area contributed by atoms with Crippen LogP contribution in [0, 0.1) is 0 Å². The van der Waals surface area contributed by atoms with E-state index < -0.39 is 0 Å². The van der Waals surface area contributed by atoms with E-state index in [0.717, 1.165) is 25.2 Å². The molecule has 0 aromatic heterocycles. The second-order valence-electron chi connectivity index (χ2n) is 4.88. The first kappa shape index (κ1) is 13.9. The van der Waals surface area contributed by atoms with Gasteiger partial charge < -0.3 is 10.5 Å². The van der Waals surface area contributed by atoms with E-state index in [1.165, 1.54) is 23.3 Å². The molecule has 3 heteroatoms. The highest BCUT2D eigenvalue weighted by Gasteiger charge is 2.22. The second kappa shape index (κ2) is 7.17. The van der Waals surface area contributed by atoms with Gasteiger partial charge in [0.25, 0.3) is 0 Å². The van der Waals surface area contributed by atoms with Crippen molar-refractivity contribution in [3.05, 3.63) is 35.4 Å². The van der Waals surface area contributed by atoms with Gasteiger partial charge in [0.1, 0.15) is 0 Å². The Balaban J connectivity index is 1.90. The monoisotopic (exact) mass is 265 g/mol. The highest BCUT2D eigenvalue weighted by atomic mass is 32.2. The summed E-state index contributed by atoms with van der Waals surface area (Å²) in [6.07, 6.45) is 3.40. The Bertz CT molecular complexity index is 369. The van der Waals surface area contributed by atoms with Crippen LogP contribution in [0.2, 0.25) is 0 Å². The van der Waals surface area contributed by atoms with Crippen LogP contribution in [0.25, 0.3) is 0 Å². The molecule has 1 aliphatic heterocycles. The average molecular weight is 265 g/mol. The fourth-order valence-electron chi connectivity index (χ4n) is 2.39. The molecular weight excluding hydrogens is 242 g/mol. The summed E-state index contributed by atoms with van der Waals surface area (Å²) in [5.41, 5.74) is 8.98. The largest absolute Gasteiger partial charge is 0.373 e. The molecule has 100 valence electrons. The van der Waals surface area contributed by atoms with Gasteiger partial charge in [-0.05, 0) is 36.1 Å². The summed E-state index contributed by atoms with van der Waals surface area (Å²) in [5, 5.41) is 0. The Morgan fingerprint density at radius 3 is 3.11 bits per heavy atom. The lowest BCUT2D eigenvalue weighted by Gasteiger charge is -2.28. The maximum absolute atomic E-state index is 6.20. The molecule has 2 N–H and O–H groups in total. The Kier molecular flexibility index (Phi) is 5.54. The molecule has 0 fully saturated rings. The van der Waals surface area contributed by atoms with E-state index in [-0.39, 0.29) is 12.1 Å². The van der Waals surface area contributed by atoms with Gasteiger partial charge in [0.2, 0.25) is 0 Å². The van der Waals surface area contributed by atoms with E-state index in [9.17, 15) is 0 Å². The lowest BCUT2D eigenvalue weighted by molar-refractivity contribution is 0.0334. The summed E-state index contributed by atoms with van der Waals surface area (Å²) < 4.78 is 5.89. The highest BCUT2D eigenvalue weighted by molar-refractivity contribution is 7.99. The molecule has 2 unspecified atom stereocenters. The number of ether oxygens (including phenoxy) is 1. The first-order valence-electron chi connectivity index (χ1n) is 6.84. The number of hydrogen-bond acceptors (Lipinski definition) is 3. The number of rotatable bonds is 6. The SMILES string of the molecule is CCCSCC(N)CC1OCCc2ccccc21. The lowest BCUT2D eigenvalue weighted by atomic mass is 9.94. The second-order valence-corrected chi connectivity index (χ2v) is 6.03. The molecule has 0 amide bonds. The van der Waals surface area contributed by atoms with Crippen LogP contribution in [0.4, 0.5) is 0 Å². The van der Waals surface area contributed by atoms with Crippen LogP contribution < -0.4 is 5.73 Å². The van der Waals surface area contributed by atoms with Crippen LogP contribution in [-0.4, -0.2) is 24.2 Å². The Labute approximate surface area is 114 Å². The van der Waals surface area contributed by atoms with Crippen molar-refractivity contribution in [3.8, 4) is 0 Å². The molecule has 2 atom stereocenters. The molecule has 18 heavy (non-hydrogen) atoms. The third-order valence-electron chi connectivity index (χ3n) is 3.29. The van der Waals surface area contributed by atoms with Gasteiger partial charge in [-0.25, -0.2) is 0 Å².